The number of anilines is 1. The first-order chi connectivity index (χ1) is 9.49. The number of aliphatic hydroxyl groups is 1. The number of aromatic amines is 2. The quantitative estimate of drug-likeness (QED) is 0.647. The van der Waals surface area contributed by atoms with Crippen LogP contribution in [0, 0.1) is 0 Å². The number of H-pyrrole nitrogens is 2. The highest BCUT2D eigenvalue weighted by molar-refractivity contribution is 6.04. The van der Waals surface area contributed by atoms with Gasteiger partial charge in [-0.25, -0.2) is 4.79 Å². The molecule has 4 N–H and O–H groups in total. The van der Waals surface area contributed by atoms with Crippen LogP contribution in [0.15, 0.2) is 40.1 Å². The highest BCUT2D eigenvalue weighted by Crippen LogP contribution is 2.22. The molecule has 0 saturated carbocycles. The summed E-state index contributed by atoms with van der Waals surface area (Å²) in [5.74, 6) is -0.671. The molecular weight excluding hydrogens is 262 g/mol. The number of benzene rings is 1. The monoisotopic (exact) mass is 275 g/mol. The van der Waals surface area contributed by atoms with E-state index in [1.54, 1.807) is 31.2 Å². The summed E-state index contributed by atoms with van der Waals surface area (Å²) in [6.45, 7) is 1.57. The van der Waals surface area contributed by atoms with Crippen molar-refractivity contribution in [2.24, 2.45) is 0 Å². The van der Waals surface area contributed by atoms with Gasteiger partial charge in [0.25, 0.3) is 11.5 Å². The van der Waals surface area contributed by atoms with E-state index in [1.807, 2.05) is 4.98 Å². The number of carbonyl (C=O) groups is 1. The maximum atomic E-state index is 12.0. The Morgan fingerprint density at radius 1 is 1.30 bits per heavy atom. The first-order valence-corrected chi connectivity index (χ1v) is 5.89. The predicted molar refractivity (Wildman–Crippen MR) is 72.7 cm³/mol. The molecule has 20 heavy (non-hydrogen) atoms. The second-order valence-corrected chi connectivity index (χ2v) is 4.20. The maximum absolute atomic E-state index is 12.0. The number of amides is 1. The van der Waals surface area contributed by atoms with E-state index in [9.17, 15) is 19.5 Å². The van der Waals surface area contributed by atoms with Crippen LogP contribution in [-0.4, -0.2) is 21.0 Å². The van der Waals surface area contributed by atoms with Crippen molar-refractivity contribution in [2.45, 2.75) is 13.0 Å². The highest BCUT2D eigenvalue weighted by atomic mass is 16.3. The van der Waals surface area contributed by atoms with E-state index in [-0.39, 0.29) is 5.56 Å². The molecule has 1 amide bonds. The summed E-state index contributed by atoms with van der Waals surface area (Å²) in [5, 5.41) is 12.1. The smallest absolute Gasteiger partial charge is 0.325 e. The molecule has 104 valence electrons. The van der Waals surface area contributed by atoms with Gasteiger partial charge in [-0.05, 0) is 13.0 Å². The van der Waals surface area contributed by atoms with Crippen LogP contribution in [-0.2, 0) is 0 Å². The molecule has 0 bridgehead atoms. The van der Waals surface area contributed by atoms with Gasteiger partial charge >= 0.3 is 5.69 Å². The normalized spacial score (nSPS) is 11.9. The van der Waals surface area contributed by atoms with Crippen LogP contribution in [0.4, 0.5) is 5.69 Å². The van der Waals surface area contributed by atoms with Crippen LogP contribution in [0.2, 0.25) is 0 Å². The maximum Gasteiger partial charge on any atom is 0.325 e. The number of aliphatic hydroxyl groups excluding tert-OH is 1. The second-order valence-electron chi connectivity index (χ2n) is 4.20. The van der Waals surface area contributed by atoms with Gasteiger partial charge in [0, 0.05) is 17.4 Å². The van der Waals surface area contributed by atoms with Crippen molar-refractivity contribution in [3.63, 3.8) is 0 Å². The van der Waals surface area contributed by atoms with Crippen molar-refractivity contribution in [1.29, 1.82) is 0 Å². The molecule has 0 saturated heterocycles. The molecule has 0 radical (unpaired) electrons. The molecule has 2 rings (SSSR count). The van der Waals surface area contributed by atoms with Crippen LogP contribution in [0.1, 0.15) is 28.9 Å². The Labute approximate surface area is 113 Å². The lowest BCUT2D eigenvalue weighted by atomic mass is 10.1. The first kappa shape index (κ1) is 13.8. The Hall–Kier alpha value is -2.67. The number of nitrogens with one attached hydrogen (secondary N) is 3. The van der Waals surface area contributed by atoms with Crippen molar-refractivity contribution in [3.8, 4) is 0 Å². The van der Waals surface area contributed by atoms with Gasteiger partial charge in [0.1, 0.15) is 5.56 Å². The van der Waals surface area contributed by atoms with Crippen LogP contribution in [0.5, 0.6) is 0 Å². The number of para-hydroxylation sites is 1. The van der Waals surface area contributed by atoms with E-state index in [2.05, 4.69) is 10.3 Å². The Kier molecular flexibility index (Phi) is 3.81. The van der Waals surface area contributed by atoms with E-state index in [1.165, 1.54) is 0 Å². The Morgan fingerprint density at radius 2 is 2.00 bits per heavy atom. The SMILES string of the molecule is CC(O)c1ccccc1NC(=O)c1c[nH]c(=O)[nH]c1=O. The molecule has 0 spiro atoms. The topological polar surface area (TPSA) is 115 Å². The van der Waals surface area contributed by atoms with Gasteiger partial charge in [0.15, 0.2) is 0 Å². The molecule has 1 heterocycles. The number of aromatic nitrogens is 2. The largest absolute Gasteiger partial charge is 0.389 e. The molecule has 0 aliphatic rings. The number of rotatable bonds is 3. The number of hydrogen-bond donors (Lipinski definition) is 4. The van der Waals surface area contributed by atoms with E-state index in [0.29, 0.717) is 11.3 Å². The Morgan fingerprint density at radius 3 is 2.65 bits per heavy atom. The van der Waals surface area contributed by atoms with Crippen molar-refractivity contribution >= 4 is 11.6 Å². The third-order valence-corrected chi connectivity index (χ3v) is 2.72. The zero-order valence-electron chi connectivity index (χ0n) is 10.6. The molecule has 1 aromatic carbocycles. The molecule has 0 aliphatic carbocycles. The fourth-order valence-corrected chi connectivity index (χ4v) is 1.74. The van der Waals surface area contributed by atoms with E-state index in [0.717, 1.165) is 6.20 Å². The molecule has 0 aliphatic heterocycles. The zero-order valence-corrected chi connectivity index (χ0v) is 10.6. The summed E-state index contributed by atoms with van der Waals surface area (Å²) in [4.78, 5) is 38.6. The Bertz CT molecular complexity index is 746. The second kappa shape index (κ2) is 5.54. The summed E-state index contributed by atoms with van der Waals surface area (Å²) in [6.07, 6.45) is 0.280. The third-order valence-electron chi connectivity index (χ3n) is 2.72. The zero-order chi connectivity index (χ0) is 14.7. The molecule has 1 aromatic heterocycles. The molecule has 1 atom stereocenters. The van der Waals surface area contributed by atoms with Crippen LogP contribution in [0.25, 0.3) is 0 Å². The predicted octanol–water partition coefficient (Wildman–Crippen LogP) is 0.369. The average molecular weight is 275 g/mol. The lowest BCUT2D eigenvalue weighted by Crippen LogP contribution is -2.29. The summed E-state index contributed by atoms with van der Waals surface area (Å²) >= 11 is 0. The molecule has 2 aromatic rings. The van der Waals surface area contributed by atoms with Gasteiger partial charge in [0.2, 0.25) is 0 Å². The average Bonchev–Trinajstić information content (AvgIpc) is 2.38. The third kappa shape index (κ3) is 2.83. The van der Waals surface area contributed by atoms with Crippen molar-refractivity contribution < 1.29 is 9.90 Å². The lowest BCUT2D eigenvalue weighted by molar-refractivity contribution is 0.102. The van der Waals surface area contributed by atoms with Crippen molar-refractivity contribution in [2.75, 3.05) is 5.32 Å². The van der Waals surface area contributed by atoms with Gasteiger partial charge in [0.05, 0.1) is 6.10 Å². The standard InChI is InChI=1S/C13H13N3O4/c1-7(17)8-4-2-3-5-10(8)15-11(18)9-6-14-13(20)16-12(9)19/h2-7,17H,1H3,(H,15,18)(H2,14,16,19,20). The fraction of sp³-hybridized carbons (Fsp3) is 0.154. The van der Waals surface area contributed by atoms with Crippen LogP contribution >= 0.6 is 0 Å². The van der Waals surface area contributed by atoms with Crippen LogP contribution in [0.3, 0.4) is 0 Å². The van der Waals surface area contributed by atoms with Crippen LogP contribution < -0.4 is 16.6 Å². The minimum Gasteiger partial charge on any atom is -0.389 e. The van der Waals surface area contributed by atoms with Gasteiger partial charge in [-0.2, -0.15) is 0 Å². The summed E-state index contributed by atoms with van der Waals surface area (Å²) < 4.78 is 0. The molecular formula is C13H13N3O4. The molecule has 7 heteroatoms. The van der Waals surface area contributed by atoms with E-state index < -0.39 is 23.3 Å². The molecule has 0 fully saturated rings. The summed E-state index contributed by atoms with van der Waals surface area (Å²) in [6, 6.07) is 6.69. The minimum absolute atomic E-state index is 0.218. The van der Waals surface area contributed by atoms with E-state index >= 15 is 0 Å². The van der Waals surface area contributed by atoms with Gasteiger partial charge in [-0.3, -0.25) is 14.6 Å². The first-order valence-electron chi connectivity index (χ1n) is 5.89. The van der Waals surface area contributed by atoms with Gasteiger partial charge in [-0.15, -0.1) is 0 Å². The van der Waals surface area contributed by atoms with Crippen molar-refractivity contribution in [3.05, 3.63) is 62.4 Å². The lowest BCUT2D eigenvalue weighted by Gasteiger charge is -2.12. The summed E-state index contributed by atoms with van der Waals surface area (Å²) in [5.41, 5.74) is -0.749. The molecule has 1 unspecified atom stereocenters. The van der Waals surface area contributed by atoms with Gasteiger partial charge < -0.3 is 15.4 Å². The highest BCUT2D eigenvalue weighted by Gasteiger charge is 2.14. The van der Waals surface area contributed by atoms with E-state index in [4.69, 9.17) is 0 Å². The van der Waals surface area contributed by atoms with Crippen molar-refractivity contribution in [1.82, 2.24) is 9.97 Å². The number of hydrogen-bond acceptors (Lipinski definition) is 4. The van der Waals surface area contributed by atoms with Gasteiger partial charge in [-0.1, -0.05) is 18.2 Å². The number of carbonyl (C=O) groups excluding carboxylic acids is 1. The summed E-state index contributed by atoms with van der Waals surface area (Å²) in [7, 11) is 0. The fourth-order valence-electron chi connectivity index (χ4n) is 1.74. The minimum atomic E-state index is -0.777. The Balaban J connectivity index is 2.33. The molecule has 7 nitrogen and oxygen atoms in total.